The molecule has 0 fully saturated rings. The Morgan fingerprint density at radius 3 is 0.786 bits per heavy atom. The third kappa shape index (κ3) is 22.9. The summed E-state index contributed by atoms with van der Waals surface area (Å²) >= 11 is 28.8. The summed E-state index contributed by atoms with van der Waals surface area (Å²) in [5.74, 6) is 0. The fourth-order valence-electron chi connectivity index (χ4n) is 7.47. The largest absolute Gasteiger partial charge is 1.00 e. The molecule has 388 valence electrons. The second-order valence-electron chi connectivity index (χ2n) is 19.2. The van der Waals surface area contributed by atoms with E-state index in [1.807, 2.05) is 41.5 Å². The van der Waals surface area contributed by atoms with Crippen LogP contribution in [0.1, 0.15) is 132 Å². The van der Waals surface area contributed by atoms with Crippen molar-refractivity contribution in [2.45, 2.75) is 140 Å². The molecule has 0 amide bonds. The number of fused-ring (bicyclic) bond motifs is 6. The Labute approximate surface area is 443 Å². The summed E-state index contributed by atoms with van der Waals surface area (Å²) in [6, 6.07) is 23.9. The molecule has 0 aliphatic carbocycles. The highest BCUT2D eigenvalue weighted by Crippen LogP contribution is 2.25. The van der Waals surface area contributed by atoms with E-state index in [0.717, 1.165) is 11.1 Å². The molecule has 0 saturated heterocycles. The number of nitrogens with one attached hydrogen (secondary N) is 4. The highest BCUT2D eigenvalue weighted by molar-refractivity contribution is 6.63. The van der Waals surface area contributed by atoms with Crippen molar-refractivity contribution in [3.63, 3.8) is 0 Å². The Hall–Kier alpha value is -3.61. The minimum absolute atomic E-state index is 0. The lowest BCUT2D eigenvalue weighted by molar-refractivity contribution is -0.929. The van der Waals surface area contributed by atoms with Gasteiger partial charge in [0.05, 0.1) is 48.2 Å². The maximum Gasteiger partial charge on any atom is 0.255 e. The van der Waals surface area contributed by atoms with E-state index in [4.69, 9.17) is 69.6 Å². The summed E-state index contributed by atoms with van der Waals surface area (Å²) in [5, 5.41) is 1.14. The Balaban J connectivity index is 0.000000784. The predicted molar refractivity (Wildman–Crippen MR) is 302 cm³/mol. The van der Waals surface area contributed by atoms with Crippen molar-refractivity contribution in [3.8, 4) is 0 Å². The van der Waals surface area contributed by atoms with Crippen LogP contribution in [0.15, 0.2) is 104 Å². The first-order valence-corrected chi connectivity index (χ1v) is 26.5. The zero-order valence-corrected chi connectivity index (χ0v) is 47.0. The van der Waals surface area contributed by atoms with E-state index in [9.17, 15) is 19.2 Å². The number of quaternary nitrogens is 1. The Morgan fingerprint density at radius 1 is 0.414 bits per heavy atom. The van der Waals surface area contributed by atoms with Crippen LogP contribution in [0.3, 0.4) is 0 Å². The number of nitrogens with zero attached hydrogens (tertiary/aromatic N) is 1. The molecule has 0 radical (unpaired) electrons. The molecule has 1 aromatic heterocycles. The van der Waals surface area contributed by atoms with Gasteiger partial charge in [-0.05, 0) is 108 Å². The number of aromatic nitrogens is 4. The van der Waals surface area contributed by atoms with Crippen LogP contribution < -0.4 is 26.9 Å². The van der Waals surface area contributed by atoms with Gasteiger partial charge in [-0.25, -0.2) is 0 Å². The fourth-order valence-corrected chi connectivity index (χ4v) is 7.47. The molecule has 0 atom stereocenters. The summed E-state index contributed by atoms with van der Waals surface area (Å²) in [7, 11) is 0. The van der Waals surface area contributed by atoms with E-state index in [-0.39, 0.29) is 37.1 Å². The highest BCUT2D eigenvalue weighted by Gasteiger charge is 2.25. The van der Waals surface area contributed by atoms with E-state index >= 15 is 0 Å². The number of rotatable bonds is 12. The topological polar surface area (TPSA) is 131 Å². The summed E-state index contributed by atoms with van der Waals surface area (Å²) in [5.41, 5.74) is 0.678. The van der Waals surface area contributed by atoms with Gasteiger partial charge in [-0.3, -0.25) is 19.2 Å². The average molecular weight is 1090 g/mol. The van der Waals surface area contributed by atoms with E-state index in [1.54, 1.807) is 72.8 Å². The van der Waals surface area contributed by atoms with Gasteiger partial charge in [0.1, 0.15) is 0 Å². The van der Waals surface area contributed by atoms with Crippen molar-refractivity contribution in [2.24, 2.45) is 0 Å². The number of aromatic amines is 4. The first kappa shape index (κ1) is 64.4. The van der Waals surface area contributed by atoms with Crippen LogP contribution in [0.25, 0.3) is 43.6 Å². The molecule has 4 aromatic carbocycles. The van der Waals surface area contributed by atoms with E-state index in [0.29, 0.717) is 22.1 Å². The van der Waals surface area contributed by atoms with Crippen LogP contribution in [0.5, 0.6) is 0 Å². The number of halogens is 7. The summed E-state index contributed by atoms with van der Waals surface area (Å²) < 4.78 is -0.0800. The molecule has 1 heterocycles. The lowest BCUT2D eigenvalue weighted by Gasteiger charge is -2.39. The maximum absolute atomic E-state index is 13.6. The fraction of sp³-hybridized carbons (Fsp3) is 0.481. The Kier molecular flexibility index (Phi) is 29.2. The second-order valence-corrected chi connectivity index (χ2v) is 23.1. The number of hydrogen-bond donors (Lipinski definition) is 4. The van der Waals surface area contributed by atoms with Crippen molar-refractivity contribution in [2.75, 3.05) is 26.2 Å². The molecule has 5 rings (SSSR count). The molecule has 9 nitrogen and oxygen atoms in total. The summed E-state index contributed by atoms with van der Waals surface area (Å²) in [4.78, 5) is 66.1. The number of benzene rings is 4. The quantitative estimate of drug-likeness (QED) is 0.0732. The third-order valence-electron chi connectivity index (χ3n) is 11.4. The third-order valence-corrected chi connectivity index (χ3v) is 11.4. The van der Waals surface area contributed by atoms with Gasteiger partial charge in [-0.2, -0.15) is 0 Å². The van der Waals surface area contributed by atoms with Crippen LogP contribution in [-0.2, 0) is 10.8 Å². The molecule has 70 heavy (non-hydrogen) atoms. The standard InChI is InChI=1S/C36H36N4O4.C16H36N.2CHCl3.FH/c1-35(2,3)25-17-21-15-22(18-25)32(42)38-28-12-8-10-14-30(28)40-34(44)24-16-23(19-26(20-24)36(4,5)6)33(43)39-29-13-9-7-11-27(29)37-31(21)41;1-5-9-13-17(14-10-6-2,15-11-7-3)16-12-8-4;2*2-1(3)4;/h7-20H,1-6H3,(H,37,41)(H,38,42)(H,39,43)(H,40,44);5-16H2,1-4H3;2*1H;1H/q;+1;;;/p-1. The maximum atomic E-state index is 13.6. The number of para-hydroxylation sites is 4. The van der Waals surface area contributed by atoms with Crippen molar-refractivity contribution in [1.29, 1.82) is 0 Å². The highest BCUT2D eigenvalue weighted by atomic mass is 35.6. The van der Waals surface area contributed by atoms with Crippen molar-refractivity contribution >= 4 is 113 Å². The smallest absolute Gasteiger partial charge is 0.255 e. The van der Waals surface area contributed by atoms with Gasteiger partial charge >= 0.3 is 0 Å². The first-order valence-electron chi connectivity index (χ1n) is 23.8. The van der Waals surface area contributed by atoms with Crippen LogP contribution in [-0.4, -0.2) is 59.2 Å². The number of unbranched alkanes of at least 4 members (excludes halogenated alkanes) is 4. The Morgan fingerprint density at radius 2 is 0.614 bits per heavy atom. The molecular formula is C54H74Cl6FN5O4. The van der Waals surface area contributed by atoms with Gasteiger partial charge in [0.25, 0.3) is 22.2 Å². The van der Waals surface area contributed by atoms with Crippen molar-refractivity contribution < 1.29 is 9.19 Å². The normalized spacial score (nSPS) is 11.3. The SMILES string of the molecule is CC(C)(C)c1cc2cc(c1)c(=O)[nH]c1ccccc1[nH]c(=O)c1cc(C(C)(C)C)cc(c1)c(=O)[nH]c1ccccc1[nH]c2=O.CCCC[N+](CCCC)(CCCC)CCCC.ClC(Cl)Cl.ClC(Cl)Cl.[F-]. The van der Waals surface area contributed by atoms with E-state index < -0.39 is 30.8 Å². The van der Waals surface area contributed by atoms with Gasteiger partial charge < -0.3 is 29.1 Å². The van der Waals surface area contributed by atoms with Gasteiger partial charge in [0, 0.05) is 21.5 Å². The molecule has 0 aliphatic heterocycles. The second kappa shape index (κ2) is 31.8. The van der Waals surface area contributed by atoms with Gasteiger partial charge in [-0.15, -0.1) is 0 Å². The van der Waals surface area contributed by atoms with Crippen LogP contribution in [0.4, 0.5) is 0 Å². The molecule has 16 heteroatoms. The number of alkyl halides is 6. The minimum atomic E-state index is -0.750. The van der Waals surface area contributed by atoms with Gasteiger partial charge in [0.15, 0.2) is 8.59 Å². The first-order chi connectivity index (χ1) is 32.4. The Bertz CT molecular complexity index is 2450. The lowest BCUT2D eigenvalue weighted by Crippen LogP contribution is -3.00. The van der Waals surface area contributed by atoms with Gasteiger partial charge in [0.2, 0.25) is 0 Å². The molecule has 0 spiro atoms. The predicted octanol–water partition coefficient (Wildman–Crippen LogP) is 12.4. The zero-order chi connectivity index (χ0) is 52.0. The summed E-state index contributed by atoms with van der Waals surface area (Å²) in [6.45, 7) is 27.0. The zero-order valence-electron chi connectivity index (χ0n) is 42.4. The average Bonchev–Trinajstić information content (AvgIpc) is 3.28. The van der Waals surface area contributed by atoms with Crippen molar-refractivity contribution in [1.82, 2.24) is 19.9 Å². The minimum Gasteiger partial charge on any atom is -1.00 e. The van der Waals surface area contributed by atoms with E-state index in [1.165, 1.54) is 94.2 Å². The van der Waals surface area contributed by atoms with Gasteiger partial charge in [-0.1, -0.05) is 189 Å². The molecule has 0 saturated carbocycles. The van der Waals surface area contributed by atoms with Crippen LogP contribution in [0.2, 0.25) is 0 Å². The van der Waals surface area contributed by atoms with Crippen molar-refractivity contribution in [3.05, 3.63) is 137 Å². The molecule has 5 aromatic rings. The van der Waals surface area contributed by atoms with Crippen LogP contribution >= 0.6 is 69.6 Å². The molecule has 4 N–H and O–H groups in total. The van der Waals surface area contributed by atoms with Crippen LogP contribution in [0, 0.1) is 0 Å². The molecule has 0 unspecified atom stereocenters. The molecular weight excluding hydrogens is 1010 g/mol. The molecule has 4 bridgehead atoms. The number of H-pyrrole nitrogens is 4. The monoisotopic (exact) mass is 1090 g/mol. The number of hydrogen-bond acceptors (Lipinski definition) is 4. The van der Waals surface area contributed by atoms with E-state index in [2.05, 4.69) is 47.6 Å². The summed E-state index contributed by atoms with van der Waals surface area (Å²) in [6.07, 6.45) is 11.1. The molecule has 0 aliphatic rings. The lowest BCUT2D eigenvalue weighted by atomic mass is 9.86.